The molecule has 0 atom stereocenters. The average molecular weight is 314 g/mol. The molecule has 1 aromatic rings. The first-order chi connectivity index (χ1) is 10.0. The highest BCUT2D eigenvalue weighted by molar-refractivity contribution is 7.89. The molecular formula is C15H23FN2O2S. The lowest BCUT2D eigenvalue weighted by Gasteiger charge is -2.13. The van der Waals surface area contributed by atoms with Gasteiger partial charge in [-0.3, -0.25) is 0 Å². The van der Waals surface area contributed by atoms with Crippen LogP contribution in [0.1, 0.15) is 44.6 Å². The van der Waals surface area contributed by atoms with Gasteiger partial charge in [0.2, 0.25) is 10.0 Å². The molecule has 0 unspecified atom stereocenters. The third-order valence-electron chi connectivity index (χ3n) is 3.75. The van der Waals surface area contributed by atoms with Crippen LogP contribution in [0.25, 0.3) is 0 Å². The van der Waals surface area contributed by atoms with Crippen LogP contribution in [0.15, 0.2) is 23.1 Å². The molecule has 6 heteroatoms. The molecule has 0 bridgehead atoms. The molecule has 0 radical (unpaired) electrons. The summed E-state index contributed by atoms with van der Waals surface area (Å²) >= 11 is 0. The summed E-state index contributed by atoms with van der Waals surface area (Å²) in [5.41, 5.74) is 0.387. The van der Waals surface area contributed by atoms with Gasteiger partial charge in [-0.2, -0.15) is 0 Å². The van der Waals surface area contributed by atoms with Crippen LogP contribution in [0.3, 0.4) is 0 Å². The number of nitrogens with one attached hydrogen (secondary N) is 2. The summed E-state index contributed by atoms with van der Waals surface area (Å²) in [6.07, 6.45) is 4.82. The van der Waals surface area contributed by atoms with Crippen molar-refractivity contribution in [1.29, 1.82) is 0 Å². The van der Waals surface area contributed by atoms with Crippen molar-refractivity contribution in [2.45, 2.75) is 56.5 Å². The van der Waals surface area contributed by atoms with E-state index >= 15 is 0 Å². The third kappa shape index (κ3) is 4.49. The van der Waals surface area contributed by atoms with Crippen molar-refractivity contribution >= 4 is 10.0 Å². The van der Waals surface area contributed by atoms with Gasteiger partial charge in [0, 0.05) is 18.2 Å². The maximum absolute atomic E-state index is 13.7. The predicted molar refractivity (Wildman–Crippen MR) is 81.0 cm³/mol. The van der Waals surface area contributed by atoms with E-state index in [1.54, 1.807) is 0 Å². The summed E-state index contributed by atoms with van der Waals surface area (Å²) in [5.74, 6) is -0.376. The normalized spacial score (nSPS) is 16.5. The van der Waals surface area contributed by atoms with Gasteiger partial charge < -0.3 is 5.32 Å². The van der Waals surface area contributed by atoms with Crippen LogP contribution < -0.4 is 10.0 Å². The Kier molecular flexibility index (Phi) is 5.72. The van der Waals surface area contributed by atoms with Crippen molar-refractivity contribution in [3.05, 3.63) is 29.6 Å². The van der Waals surface area contributed by atoms with Crippen molar-refractivity contribution < 1.29 is 12.8 Å². The molecule has 0 saturated heterocycles. The van der Waals surface area contributed by atoms with Gasteiger partial charge >= 0.3 is 0 Å². The molecule has 1 aliphatic carbocycles. The van der Waals surface area contributed by atoms with Crippen LogP contribution in [0.2, 0.25) is 0 Å². The smallest absolute Gasteiger partial charge is 0.240 e. The van der Waals surface area contributed by atoms with Gasteiger partial charge in [-0.05, 0) is 44.0 Å². The Bertz CT molecular complexity index is 569. The molecule has 1 aromatic carbocycles. The second-order valence-corrected chi connectivity index (χ2v) is 7.25. The molecule has 1 fully saturated rings. The van der Waals surface area contributed by atoms with E-state index in [4.69, 9.17) is 0 Å². The SMILES string of the molecule is CCCNCc1cc(S(=O)(=O)NC2CCCC2)ccc1F. The van der Waals surface area contributed by atoms with E-state index in [0.29, 0.717) is 12.1 Å². The molecule has 0 aromatic heterocycles. The summed E-state index contributed by atoms with van der Waals surface area (Å²) in [6.45, 7) is 3.14. The molecule has 0 aliphatic heterocycles. The fourth-order valence-electron chi connectivity index (χ4n) is 2.58. The van der Waals surface area contributed by atoms with Gasteiger partial charge in [0.25, 0.3) is 0 Å². The lowest BCUT2D eigenvalue weighted by atomic mass is 10.2. The number of benzene rings is 1. The van der Waals surface area contributed by atoms with Gasteiger partial charge in [-0.25, -0.2) is 17.5 Å². The Morgan fingerprint density at radius 1 is 1.29 bits per heavy atom. The lowest BCUT2D eigenvalue weighted by molar-refractivity contribution is 0.550. The van der Waals surface area contributed by atoms with Gasteiger partial charge in [0.05, 0.1) is 4.90 Å². The van der Waals surface area contributed by atoms with Crippen molar-refractivity contribution in [2.24, 2.45) is 0 Å². The molecule has 4 nitrogen and oxygen atoms in total. The standard InChI is InChI=1S/C15H23FN2O2S/c1-2-9-17-11-12-10-14(7-8-15(12)16)21(19,20)18-13-5-3-4-6-13/h7-8,10,13,17-18H,2-6,9,11H2,1H3. The van der Waals surface area contributed by atoms with E-state index in [1.807, 2.05) is 6.92 Å². The molecule has 1 aliphatic rings. The first-order valence-electron chi connectivity index (χ1n) is 7.54. The zero-order chi connectivity index (χ0) is 15.3. The van der Waals surface area contributed by atoms with E-state index in [1.165, 1.54) is 18.2 Å². The zero-order valence-electron chi connectivity index (χ0n) is 12.4. The maximum atomic E-state index is 13.7. The van der Waals surface area contributed by atoms with Crippen molar-refractivity contribution in [3.63, 3.8) is 0 Å². The van der Waals surface area contributed by atoms with E-state index in [0.717, 1.165) is 38.6 Å². The Hall–Kier alpha value is -0.980. The minimum Gasteiger partial charge on any atom is -0.313 e. The average Bonchev–Trinajstić information content (AvgIpc) is 2.93. The largest absolute Gasteiger partial charge is 0.313 e. The third-order valence-corrected chi connectivity index (χ3v) is 5.26. The highest BCUT2D eigenvalue weighted by Crippen LogP contribution is 2.21. The summed E-state index contributed by atoms with van der Waals surface area (Å²) < 4.78 is 41.1. The number of halogens is 1. The topological polar surface area (TPSA) is 58.2 Å². The highest BCUT2D eigenvalue weighted by atomic mass is 32.2. The van der Waals surface area contributed by atoms with E-state index in [2.05, 4.69) is 10.0 Å². The Morgan fingerprint density at radius 3 is 2.67 bits per heavy atom. The Balaban J connectivity index is 2.12. The van der Waals surface area contributed by atoms with Gasteiger partial charge in [0.15, 0.2) is 0 Å². The first kappa shape index (κ1) is 16.4. The van der Waals surface area contributed by atoms with Crippen LogP contribution in [-0.2, 0) is 16.6 Å². The zero-order valence-corrected chi connectivity index (χ0v) is 13.2. The quantitative estimate of drug-likeness (QED) is 0.761. The van der Waals surface area contributed by atoms with E-state index < -0.39 is 10.0 Å². The fourth-order valence-corrected chi connectivity index (χ4v) is 3.94. The number of hydrogen-bond donors (Lipinski definition) is 2. The maximum Gasteiger partial charge on any atom is 0.240 e. The van der Waals surface area contributed by atoms with Crippen LogP contribution in [-0.4, -0.2) is 21.0 Å². The summed E-state index contributed by atoms with van der Waals surface area (Å²) in [7, 11) is -3.56. The molecule has 1 saturated carbocycles. The summed E-state index contributed by atoms with van der Waals surface area (Å²) in [5, 5.41) is 3.09. The fraction of sp³-hybridized carbons (Fsp3) is 0.600. The number of hydrogen-bond acceptors (Lipinski definition) is 3. The highest BCUT2D eigenvalue weighted by Gasteiger charge is 2.23. The van der Waals surface area contributed by atoms with Crippen molar-refractivity contribution in [1.82, 2.24) is 10.0 Å². The van der Waals surface area contributed by atoms with Gasteiger partial charge in [0.1, 0.15) is 5.82 Å². The minimum atomic E-state index is -3.56. The van der Waals surface area contributed by atoms with Crippen LogP contribution >= 0.6 is 0 Å². The molecule has 0 heterocycles. The lowest BCUT2D eigenvalue weighted by Crippen LogP contribution is -2.32. The summed E-state index contributed by atoms with van der Waals surface area (Å²) in [4.78, 5) is 0.143. The monoisotopic (exact) mass is 314 g/mol. The molecule has 2 N–H and O–H groups in total. The minimum absolute atomic E-state index is 0.0155. The van der Waals surface area contributed by atoms with E-state index in [-0.39, 0.29) is 16.8 Å². The molecule has 0 spiro atoms. The predicted octanol–water partition coefficient (Wildman–Crippen LogP) is 2.55. The summed E-state index contributed by atoms with van der Waals surface area (Å²) in [6, 6.07) is 4.00. The van der Waals surface area contributed by atoms with Crippen molar-refractivity contribution in [2.75, 3.05) is 6.54 Å². The number of rotatable bonds is 7. The first-order valence-corrected chi connectivity index (χ1v) is 9.02. The van der Waals surface area contributed by atoms with Crippen LogP contribution in [0, 0.1) is 5.82 Å². The van der Waals surface area contributed by atoms with Crippen LogP contribution in [0.5, 0.6) is 0 Å². The molecule has 118 valence electrons. The van der Waals surface area contributed by atoms with E-state index in [9.17, 15) is 12.8 Å². The number of sulfonamides is 1. The second-order valence-electron chi connectivity index (χ2n) is 5.53. The molecule has 21 heavy (non-hydrogen) atoms. The van der Waals surface area contributed by atoms with Crippen molar-refractivity contribution in [3.8, 4) is 0 Å². The Morgan fingerprint density at radius 2 is 2.00 bits per heavy atom. The van der Waals surface area contributed by atoms with Gasteiger partial charge in [-0.15, -0.1) is 0 Å². The second kappa shape index (κ2) is 7.33. The Labute approximate surface area is 126 Å². The molecular weight excluding hydrogens is 291 g/mol. The van der Waals surface area contributed by atoms with Crippen LogP contribution in [0.4, 0.5) is 4.39 Å². The molecule has 2 rings (SSSR count). The van der Waals surface area contributed by atoms with Gasteiger partial charge in [-0.1, -0.05) is 19.8 Å². The molecule has 0 amide bonds.